The zero-order valence-electron chi connectivity index (χ0n) is 14.5. The van der Waals surface area contributed by atoms with Gasteiger partial charge in [-0.3, -0.25) is 9.59 Å². The van der Waals surface area contributed by atoms with Crippen LogP contribution in [0.25, 0.3) is 6.08 Å². The number of nitrogens with one attached hydrogen (secondary N) is 1. The molecule has 4 rings (SSSR count). The molecule has 2 aliphatic heterocycles. The van der Waals surface area contributed by atoms with E-state index in [9.17, 15) is 9.59 Å². The molecule has 27 heavy (non-hydrogen) atoms. The molecule has 2 aromatic carbocycles. The van der Waals surface area contributed by atoms with Crippen LogP contribution in [0.2, 0.25) is 0 Å². The van der Waals surface area contributed by atoms with Crippen LogP contribution in [-0.4, -0.2) is 22.2 Å². The van der Waals surface area contributed by atoms with Crippen LogP contribution < -0.4 is 15.0 Å². The van der Waals surface area contributed by atoms with E-state index in [-0.39, 0.29) is 11.8 Å². The first-order valence-corrected chi connectivity index (χ1v) is 9.64. The Morgan fingerprint density at radius 1 is 1.22 bits per heavy atom. The zero-order valence-corrected chi connectivity index (χ0v) is 16.1. The molecule has 0 bridgehead atoms. The summed E-state index contributed by atoms with van der Waals surface area (Å²) in [5, 5.41) is 2.60. The van der Waals surface area contributed by atoms with Gasteiger partial charge in [-0.25, -0.2) is 0 Å². The molecule has 2 aliphatic rings. The van der Waals surface area contributed by atoms with Crippen molar-refractivity contribution in [1.82, 2.24) is 5.32 Å². The topological polar surface area (TPSA) is 58.6 Å². The van der Waals surface area contributed by atoms with E-state index in [0.29, 0.717) is 27.2 Å². The summed E-state index contributed by atoms with van der Waals surface area (Å²) in [5.41, 5.74) is 2.54. The van der Waals surface area contributed by atoms with Gasteiger partial charge in [0.1, 0.15) is 10.1 Å². The fourth-order valence-electron chi connectivity index (χ4n) is 3.02. The number of carbonyl (C=O) groups is 2. The summed E-state index contributed by atoms with van der Waals surface area (Å²) < 4.78 is 6.20. The van der Waals surface area contributed by atoms with E-state index >= 15 is 0 Å². The second-order valence-corrected chi connectivity index (χ2v) is 7.97. The lowest BCUT2D eigenvalue weighted by molar-refractivity contribution is -0.125. The summed E-state index contributed by atoms with van der Waals surface area (Å²) in [6.45, 7) is 2.21. The summed E-state index contributed by atoms with van der Waals surface area (Å²) in [5.74, 6) is 0.356. The smallest absolute Gasteiger partial charge is 0.268 e. The summed E-state index contributed by atoms with van der Waals surface area (Å²) >= 11 is 6.25. The Morgan fingerprint density at radius 3 is 2.70 bits per heavy atom. The average Bonchev–Trinajstić information content (AvgIpc) is 2.97. The van der Waals surface area contributed by atoms with Crippen LogP contribution in [0.4, 0.5) is 5.69 Å². The predicted molar refractivity (Wildman–Crippen MR) is 110 cm³/mol. The van der Waals surface area contributed by atoms with Crippen molar-refractivity contribution in [1.29, 1.82) is 0 Å². The van der Waals surface area contributed by atoms with Gasteiger partial charge in [-0.1, -0.05) is 60.4 Å². The Kier molecular flexibility index (Phi) is 4.72. The van der Waals surface area contributed by atoms with Gasteiger partial charge in [0.15, 0.2) is 6.10 Å². The molecule has 0 aliphatic carbocycles. The maximum absolute atomic E-state index is 12.7. The van der Waals surface area contributed by atoms with Gasteiger partial charge in [-0.2, -0.15) is 0 Å². The van der Waals surface area contributed by atoms with Gasteiger partial charge < -0.3 is 15.0 Å². The van der Waals surface area contributed by atoms with Crippen LogP contribution in [0, 0.1) is 0 Å². The van der Waals surface area contributed by atoms with Crippen molar-refractivity contribution in [3.8, 4) is 5.75 Å². The first kappa shape index (κ1) is 17.8. The first-order chi connectivity index (χ1) is 13.0. The molecule has 0 spiro atoms. The van der Waals surface area contributed by atoms with Gasteiger partial charge >= 0.3 is 0 Å². The Hall–Kier alpha value is -2.64. The van der Waals surface area contributed by atoms with Gasteiger partial charge in [0.05, 0.1) is 17.1 Å². The van der Waals surface area contributed by atoms with Crippen molar-refractivity contribution in [2.75, 3.05) is 4.90 Å². The third kappa shape index (κ3) is 3.61. The number of thiocarbonyl (C=S) groups is 1. The van der Waals surface area contributed by atoms with Crippen LogP contribution in [-0.2, 0) is 16.1 Å². The van der Waals surface area contributed by atoms with Crippen molar-refractivity contribution in [2.24, 2.45) is 0 Å². The Balaban J connectivity index is 1.71. The van der Waals surface area contributed by atoms with Gasteiger partial charge in [-0.15, -0.1) is 0 Å². The summed E-state index contributed by atoms with van der Waals surface area (Å²) in [6.07, 6.45) is 1.22. The predicted octanol–water partition coefficient (Wildman–Crippen LogP) is 3.49. The highest BCUT2D eigenvalue weighted by Gasteiger charge is 2.32. The molecular weight excluding hydrogens is 380 g/mol. The van der Waals surface area contributed by atoms with E-state index in [0.717, 1.165) is 11.1 Å². The minimum Gasteiger partial charge on any atom is -0.479 e. The lowest BCUT2D eigenvalue weighted by Gasteiger charge is -2.33. The molecule has 1 fully saturated rings. The standard InChI is InChI=1S/C20H16N2O3S2/c1-12-19(24)22(11-13-5-3-2-4-6-13)15-9-14(7-8-16(15)25-12)10-17-18(23)21-20(26)27-17/h2-10,12H,11H2,1H3,(H,21,23,26). The number of nitrogens with zero attached hydrogens (tertiary/aromatic N) is 1. The van der Waals surface area contributed by atoms with Gasteiger partial charge in [0.25, 0.3) is 11.8 Å². The SMILES string of the molecule is CC1Oc2ccc(C=C3SC(=S)NC3=O)cc2N(Cc2ccccc2)C1=O. The molecule has 0 saturated carbocycles. The lowest BCUT2D eigenvalue weighted by atomic mass is 10.1. The molecule has 1 atom stereocenters. The van der Waals surface area contributed by atoms with E-state index in [4.69, 9.17) is 17.0 Å². The van der Waals surface area contributed by atoms with E-state index in [1.54, 1.807) is 17.9 Å². The van der Waals surface area contributed by atoms with Crippen LogP contribution in [0.5, 0.6) is 5.75 Å². The number of rotatable bonds is 3. The third-order valence-corrected chi connectivity index (χ3v) is 5.48. The third-order valence-electron chi connectivity index (χ3n) is 4.31. The number of hydrogen-bond donors (Lipinski definition) is 1. The highest BCUT2D eigenvalue weighted by molar-refractivity contribution is 8.26. The fourth-order valence-corrected chi connectivity index (χ4v) is 4.06. The van der Waals surface area contributed by atoms with Crippen LogP contribution >= 0.6 is 24.0 Å². The lowest BCUT2D eigenvalue weighted by Crippen LogP contribution is -2.44. The van der Waals surface area contributed by atoms with Gasteiger partial charge in [-0.05, 0) is 36.3 Å². The summed E-state index contributed by atoms with van der Waals surface area (Å²) in [7, 11) is 0. The summed E-state index contributed by atoms with van der Waals surface area (Å²) in [4.78, 5) is 26.9. The van der Waals surface area contributed by atoms with Crippen molar-refractivity contribution >= 4 is 51.9 Å². The minimum absolute atomic E-state index is 0.0923. The van der Waals surface area contributed by atoms with E-state index in [1.165, 1.54) is 11.8 Å². The molecule has 2 amide bonds. The molecule has 0 aromatic heterocycles. The number of thioether (sulfide) groups is 1. The molecule has 7 heteroatoms. The van der Waals surface area contributed by atoms with Crippen LogP contribution in [0.15, 0.2) is 53.4 Å². The highest BCUT2D eigenvalue weighted by atomic mass is 32.2. The molecule has 2 aromatic rings. The number of hydrogen-bond acceptors (Lipinski definition) is 5. The number of carbonyl (C=O) groups excluding carboxylic acids is 2. The molecule has 5 nitrogen and oxygen atoms in total. The quantitative estimate of drug-likeness (QED) is 0.636. The largest absolute Gasteiger partial charge is 0.479 e. The number of ether oxygens (including phenoxy) is 1. The fraction of sp³-hybridized carbons (Fsp3) is 0.150. The second kappa shape index (κ2) is 7.17. The maximum atomic E-state index is 12.7. The van der Waals surface area contributed by atoms with Crippen molar-refractivity contribution in [2.45, 2.75) is 19.6 Å². The number of amides is 2. The molecule has 136 valence electrons. The molecule has 1 N–H and O–H groups in total. The normalized spacial score (nSPS) is 20.5. The number of benzene rings is 2. The minimum atomic E-state index is -0.543. The van der Waals surface area contributed by atoms with Crippen LogP contribution in [0.1, 0.15) is 18.1 Å². The molecule has 1 saturated heterocycles. The Labute approximate surface area is 166 Å². The van der Waals surface area contributed by atoms with Gasteiger partial charge in [0, 0.05) is 0 Å². The first-order valence-electron chi connectivity index (χ1n) is 8.42. The van der Waals surface area contributed by atoms with Gasteiger partial charge in [0.2, 0.25) is 0 Å². The molecule has 2 heterocycles. The molecule has 1 unspecified atom stereocenters. The molecule has 0 radical (unpaired) electrons. The van der Waals surface area contributed by atoms with E-state index in [1.807, 2.05) is 48.5 Å². The number of fused-ring (bicyclic) bond motifs is 1. The monoisotopic (exact) mass is 396 g/mol. The maximum Gasteiger partial charge on any atom is 0.268 e. The highest BCUT2D eigenvalue weighted by Crippen LogP contribution is 2.37. The zero-order chi connectivity index (χ0) is 19.0. The average molecular weight is 396 g/mol. The second-order valence-electron chi connectivity index (χ2n) is 6.25. The van der Waals surface area contributed by atoms with Crippen molar-refractivity contribution in [3.63, 3.8) is 0 Å². The Morgan fingerprint density at radius 2 is 2.00 bits per heavy atom. The van der Waals surface area contributed by atoms with E-state index < -0.39 is 6.10 Å². The molecular formula is C20H16N2O3S2. The van der Waals surface area contributed by atoms with E-state index in [2.05, 4.69) is 5.32 Å². The van der Waals surface area contributed by atoms with Crippen molar-refractivity contribution in [3.05, 3.63) is 64.6 Å². The number of anilines is 1. The Bertz CT molecular complexity index is 972. The summed E-state index contributed by atoms with van der Waals surface area (Å²) in [6, 6.07) is 15.4. The van der Waals surface area contributed by atoms with Crippen molar-refractivity contribution < 1.29 is 14.3 Å². The van der Waals surface area contributed by atoms with Crippen LogP contribution in [0.3, 0.4) is 0 Å².